The SMILES string of the molecule is CCCN(CC(NCC)c1cc(C)ccc1OC)C(C)C. The number of ether oxygens (including phenoxy) is 1. The molecule has 1 unspecified atom stereocenters. The van der Waals surface area contributed by atoms with Crippen LogP contribution in [0.4, 0.5) is 0 Å². The average Bonchev–Trinajstić information content (AvgIpc) is 2.45. The molecular formula is C18H32N2O. The van der Waals surface area contributed by atoms with E-state index >= 15 is 0 Å². The molecule has 0 aliphatic rings. The molecule has 0 amide bonds. The maximum absolute atomic E-state index is 5.57. The Hall–Kier alpha value is -1.06. The summed E-state index contributed by atoms with van der Waals surface area (Å²) in [5.74, 6) is 0.978. The Morgan fingerprint density at radius 3 is 2.48 bits per heavy atom. The third-order valence-electron chi connectivity index (χ3n) is 3.87. The lowest BCUT2D eigenvalue weighted by Gasteiger charge is -2.31. The number of nitrogens with one attached hydrogen (secondary N) is 1. The average molecular weight is 292 g/mol. The van der Waals surface area contributed by atoms with Crippen molar-refractivity contribution in [2.75, 3.05) is 26.7 Å². The minimum atomic E-state index is 0.304. The summed E-state index contributed by atoms with van der Waals surface area (Å²) < 4.78 is 5.57. The van der Waals surface area contributed by atoms with Gasteiger partial charge in [-0.15, -0.1) is 0 Å². The molecule has 1 aromatic carbocycles. The Labute approximate surface area is 130 Å². The first-order chi connectivity index (χ1) is 10.0. The minimum absolute atomic E-state index is 0.304. The predicted octanol–water partition coefficient (Wildman–Crippen LogP) is 3.77. The Balaban J connectivity index is 3.02. The van der Waals surface area contributed by atoms with Crippen LogP contribution in [0, 0.1) is 6.92 Å². The molecule has 1 aromatic rings. The van der Waals surface area contributed by atoms with E-state index in [4.69, 9.17) is 4.74 Å². The summed E-state index contributed by atoms with van der Waals surface area (Å²) in [4.78, 5) is 2.54. The molecule has 0 bridgehead atoms. The molecule has 0 saturated carbocycles. The lowest BCUT2D eigenvalue weighted by atomic mass is 10.0. The largest absolute Gasteiger partial charge is 0.496 e. The summed E-state index contributed by atoms with van der Waals surface area (Å²) in [5, 5.41) is 3.62. The summed E-state index contributed by atoms with van der Waals surface area (Å²) in [6.45, 7) is 14.2. The van der Waals surface area contributed by atoms with Gasteiger partial charge in [0.2, 0.25) is 0 Å². The van der Waals surface area contributed by atoms with Crippen LogP contribution in [0.15, 0.2) is 18.2 Å². The Morgan fingerprint density at radius 1 is 1.24 bits per heavy atom. The number of nitrogens with zero attached hydrogens (tertiary/aromatic N) is 1. The molecule has 0 fully saturated rings. The van der Waals surface area contributed by atoms with Crippen LogP contribution in [-0.4, -0.2) is 37.7 Å². The van der Waals surface area contributed by atoms with Crippen LogP contribution in [0.5, 0.6) is 5.75 Å². The lowest BCUT2D eigenvalue weighted by molar-refractivity contribution is 0.197. The van der Waals surface area contributed by atoms with Crippen molar-refractivity contribution in [2.24, 2.45) is 0 Å². The van der Waals surface area contributed by atoms with Crippen molar-refractivity contribution in [1.82, 2.24) is 10.2 Å². The standard InChI is InChI=1S/C18H32N2O/c1-7-11-20(14(3)4)13-17(19-8-2)16-12-15(5)9-10-18(16)21-6/h9-10,12,14,17,19H,7-8,11,13H2,1-6H3. The number of aryl methyl sites for hydroxylation is 1. The molecule has 21 heavy (non-hydrogen) atoms. The Kier molecular flexibility index (Phi) is 7.76. The number of rotatable bonds is 9. The van der Waals surface area contributed by atoms with Gasteiger partial charge in [0.25, 0.3) is 0 Å². The first-order valence-corrected chi connectivity index (χ1v) is 8.15. The van der Waals surface area contributed by atoms with E-state index in [1.165, 1.54) is 17.5 Å². The van der Waals surface area contributed by atoms with E-state index in [-0.39, 0.29) is 0 Å². The zero-order valence-corrected chi connectivity index (χ0v) is 14.6. The third-order valence-corrected chi connectivity index (χ3v) is 3.87. The fourth-order valence-corrected chi connectivity index (χ4v) is 2.73. The van der Waals surface area contributed by atoms with E-state index in [2.05, 4.69) is 63.0 Å². The van der Waals surface area contributed by atoms with Gasteiger partial charge in [0.05, 0.1) is 7.11 Å². The maximum Gasteiger partial charge on any atom is 0.123 e. The minimum Gasteiger partial charge on any atom is -0.496 e. The van der Waals surface area contributed by atoms with Gasteiger partial charge < -0.3 is 10.1 Å². The van der Waals surface area contributed by atoms with Crippen molar-refractivity contribution in [1.29, 1.82) is 0 Å². The highest BCUT2D eigenvalue weighted by molar-refractivity contribution is 5.39. The zero-order chi connectivity index (χ0) is 15.8. The number of likely N-dealkylation sites (N-methyl/N-ethyl adjacent to an activating group) is 1. The summed E-state index contributed by atoms with van der Waals surface area (Å²) in [6.07, 6.45) is 1.18. The van der Waals surface area contributed by atoms with Crippen LogP contribution in [0.2, 0.25) is 0 Å². The van der Waals surface area contributed by atoms with Crippen LogP contribution >= 0.6 is 0 Å². The van der Waals surface area contributed by atoms with Gasteiger partial charge in [0, 0.05) is 24.2 Å². The van der Waals surface area contributed by atoms with Gasteiger partial charge in [-0.25, -0.2) is 0 Å². The molecule has 0 radical (unpaired) electrons. The van der Waals surface area contributed by atoms with E-state index in [1.54, 1.807) is 7.11 Å². The highest BCUT2D eigenvalue weighted by Crippen LogP contribution is 2.27. The molecule has 1 atom stereocenters. The smallest absolute Gasteiger partial charge is 0.123 e. The summed E-state index contributed by atoms with van der Waals surface area (Å²) in [7, 11) is 1.75. The quantitative estimate of drug-likeness (QED) is 0.750. The second-order valence-corrected chi connectivity index (χ2v) is 5.94. The van der Waals surface area contributed by atoms with E-state index < -0.39 is 0 Å². The summed E-state index contributed by atoms with van der Waals surface area (Å²) in [5.41, 5.74) is 2.54. The Bertz CT molecular complexity index is 418. The van der Waals surface area contributed by atoms with Gasteiger partial charge in [-0.1, -0.05) is 31.5 Å². The second-order valence-electron chi connectivity index (χ2n) is 5.94. The Morgan fingerprint density at radius 2 is 1.95 bits per heavy atom. The van der Waals surface area contributed by atoms with Crippen molar-refractivity contribution < 1.29 is 4.74 Å². The number of methoxy groups -OCH3 is 1. The lowest BCUT2D eigenvalue weighted by Crippen LogP contribution is -2.39. The normalized spacial score (nSPS) is 13.0. The van der Waals surface area contributed by atoms with Gasteiger partial charge in [-0.2, -0.15) is 0 Å². The maximum atomic E-state index is 5.57. The molecule has 3 heteroatoms. The van der Waals surface area contributed by atoms with E-state index in [1.807, 2.05) is 0 Å². The van der Waals surface area contributed by atoms with Gasteiger partial charge >= 0.3 is 0 Å². The summed E-state index contributed by atoms with van der Waals surface area (Å²) in [6, 6.07) is 7.30. The number of hydrogen-bond acceptors (Lipinski definition) is 3. The molecule has 0 aliphatic carbocycles. The number of hydrogen-bond donors (Lipinski definition) is 1. The zero-order valence-electron chi connectivity index (χ0n) is 14.6. The molecule has 3 nitrogen and oxygen atoms in total. The molecule has 1 N–H and O–H groups in total. The van der Waals surface area contributed by atoms with Gasteiger partial charge in [-0.05, 0) is 46.3 Å². The number of benzene rings is 1. The fourth-order valence-electron chi connectivity index (χ4n) is 2.73. The van der Waals surface area contributed by atoms with Crippen molar-refractivity contribution >= 4 is 0 Å². The second kappa shape index (κ2) is 9.06. The van der Waals surface area contributed by atoms with E-state index in [9.17, 15) is 0 Å². The van der Waals surface area contributed by atoms with Crippen molar-refractivity contribution in [3.8, 4) is 5.75 Å². The molecule has 0 saturated heterocycles. The van der Waals surface area contributed by atoms with Crippen LogP contribution in [0.1, 0.15) is 51.3 Å². The summed E-state index contributed by atoms with van der Waals surface area (Å²) >= 11 is 0. The molecule has 0 spiro atoms. The van der Waals surface area contributed by atoms with Crippen molar-refractivity contribution in [3.63, 3.8) is 0 Å². The highest BCUT2D eigenvalue weighted by Gasteiger charge is 2.20. The molecule has 0 heterocycles. The first-order valence-electron chi connectivity index (χ1n) is 8.15. The van der Waals surface area contributed by atoms with Gasteiger partial charge in [-0.3, -0.25) is 4.90 Å². The van der Waals surface area contributed by atoms with Crippen molar-refractivity contribution in [2.45, 2.75) is 53.1 Å². The van der Waals surface area contributed by atoms with Crippen LogP contribution in [-0.2, 0) is 0 Å². The van der Waals surface area contributed by atoms with E-state index in [0.717, 1.165) is 25.4 Å². The van der Waals surface area contributed by atoms with Gasteiger partial charge in [0.15, 0.2) is 0 Å². The highest BCUT2D eigenvalue weighted by atomic mass is 16.5. The third kappa shape index (κ3) is 5.33. The molecule has 1 rings (SSSR count). The molecule has 0 aliphatic heterocycles. The molecule has 120 valence electrons. The van der Waals surface area contributed by atoms with Crippen LogP contribution in [0.25, 0.3) is 0 Å². The molecular weight excluding hydrogens is 260 g/mol. The van der Waals surface area contributed by atoms with Crippen LogP contribution < -0.4 is 10.1 Å². The predicted molar refractivity (Wildman–Crippen MR) is 91.1 cm³/mol. The van der Waals surface area contributed by atoms with E-state index in [0.29, 0.717) is 12.1 Å². The van der Waals surface area contributed by atoms with Crippen LogP contribution in [0.3, 0.4) is 0 Å². The first kappa shape index (κ1) is 18.0. The topological polar surface area (TPSA) is 24.5 Å². The molecule has 0 aromatic heterocycles. The van der Waals surface area contributed by atoms with Crippen molar-refractivity contribution in [3.05, 3.63) is 29.3 Å². The fraction of sp³-hybridized carbons (Fsp3) is 0.667. The monoisotopic (exact) mass is 292 g/mol. The van der Waals surface area contributed by atoms with Gasteiger partial charge in [0.1, 0.15) is 5.75 Å².